The average molecular weight is 466 g/mol. The number of hydrazine groups is 1. The molecule has 0 radical (unpaired) electrons. The Hall–Kier alpha value is -3.21. The summed E-state index contributed by atoms with van der Waals surface area (Å²) in [6, 6.07) is 9.69. The lowest BCUT2D eigenvalue weighted by molar-refractivity contribution is 0.0843. The number of hydrogen-bond donors (Lipinski definition) is 3. The number of rotatable bonds is 5. The van der Waals surface area contributed by atoms with Crippen LogP contribution in [-0.4, -0.2) is 30.2 Å². The Balaban J connectivity index is 1.72. The molecule has 0 aliphatic rings. The van der Waals surface area contributed by atoms with E-state index in [9.17, 15) is 18.0 Å². The largest absolute Gasteiger partial charge is 0.289 e. The van der Waals surface area contributed by atoms with E-state index in [2.05, 4.69) is 25.5 Å². The number of aromatic nitrogens is 2. The lowest BCUT2D eigenvalue weighted by Gasteiger charge is -2.11. The van der Waals surface area contributed by atoms with E-state index < -0.39 is 21.8 Å². The van der Waals surface area contributed by atoms with Gasteiger partial charge in [-0.1, -0.05) is 29.3 Å². The Bertz CT molecular complexity index is 1210. The van der Waals surface area contributed by atoms with E-state index in [1.54, 1.807) is 0 Å². The molecule has 0 aliphatic heterocycles. The van der Waals surface area contributed by atoms with E-state index in [0.717, 1.165) is 0 Å². The molecular formula is C18H13Cl2N5O4S. The molecule has 0 atom stereocenters. The van der Waals surface area contributed by atoms with Crippen LogP contribution >= 0.6 is 23.2 Å². The van der Waals surface area contributed by atoms with Gasteiger partial charge in [0.05, 0.1) is 11.2 Å². The number of halogens is 2. The Morgan fingerprint density at radius 2 is 1.70 bits per heavy atom. The molecule has 0 unspecified atom stereocenters. The van der Waals surface area contributed by atoms with Crippen LogP contribution < -0.4 is 15.6 Å². The molecule has 30 heavy (non-hydrogen) atoms. The second kappa shape index (κ2) is 9.08. The SMILES string of the molecule is O=C(NNC(=O)c1cnccn1)c1cccc(NS(=O)(=O)c2cc(Cl)ccc2Cl)c1. The van der Waals surface area contributed by atoms with Crippen molar-refractivity contribution in [1.82, 2.24) is 20.8 Å². The summed E-state index contributed by atoms with van der Waals surface area (Å²) in [7, 11) is -4.05. The fourth-order valence-corrected chi connectivity index (χ4v) is 4.10. The lowest BCUT2D eigenvalue weighted by atomic mass is 10.2. The summed E-state index contributed by atoms with van der Waals surface area (Å²) in [6.45, 7) is 0. The van der Waals surface area contributed by atoms with Crippen molar-refractivity contribution in [2.24, 2.45) is 0 Å². The van der Waals surface area contributed by atoms with Gasteiger partial charge in [0.1, 0.15) is 10.6 Å². The molecule has 3 rings (SSSR count). The number of carbonyl (C=O) groups excluding carboxylic acids is 2. The van der Waals surface area contributed by atoms with E-state index in [4.69, 9.17) is 23.2 Å². The lowest BCUT2D eigenvalue weighted by Crippen LogP contribution is -2.42. The summed E-state index contributed by atoms with van der Waals surface area (Å²) >= 11 is 11.8. The highest BCUT2D eigenvalue weighted by atomic mass is 35.5. The van der Waals surface area contributed by atoms with Crippen LogP contribution in [0.3, 0.4) is 0 Å². The van der Waals surface area contributed by atoms with Crippen molar-refractivity contribution in [3.8, 4) is 0 Å². The molecule has 0 bridgehead atoms. The van der Waals surface area contributed by atoms with E-state index in [1.807, 2.05) is 0 Å². The van der Waals surface area contributed by atoms with Crippen molar-refractivity contribution in [3.05, 3.63) is 82.4 Å². The summed E-state index contributed by atoms with van der Waals surface area (Å²) in [5.74, 6) is -1.34. The third-order valence-corrected chi connectivity index (χ3v) is 5.74. The number of nitrogens with zero attached hydrogens (tertiary/aromatic N) is 2. The van der Waals surface area contributed by atoms with Crippen LogP contribution in [0, 0.1) is 0 Å². The van der Waals surface area contributed by atoms with Gasteiger partial charge in [-0.2, -0.15) is 0 Å². The maximum atomic E-state index is 12.6. The molecule has 0 saturated heterocycles. The van der Waals surface area contributed by atoms with Gasteiger partial charge in [-0.25, -0.2) is 13.4 Å². The molecule has 9 nitrogen and oxygen atoms in total. The van der Waals surface area contributed by atoms with Crippen LogP contribution in [0.5, 0.6) is 0 Å². The van der Waals surface area contributed by atoms with Crippen molar-refractivity contribution >= 4 is 50.7 Å². The minimum absolute atomic E-state index is 0.00692. The first kappa shape index (κ1) is 21.5. The molecule has 0 aliphatic carbocycles. The summed E-state index contributed by atoms with van der Waals surface area (Å²) in [4.78, 5) is 31.5. The van der Waals surface area contributed by atoms with Gasteiger partial charge in [-0.15, -0.1) is 0 Å². The topological polar surface area (TPSA) is 130 Å². The Labute approximate surface area is 181 Å². The minimum Gasteiger partial charge on any atom is -0.280 e. The van der Waals surface area contributed by atoms with Crippen LogP contribution in [0.15, 0.2) is 66.0 Å². The number of sulfonamides is 1. The molecular weight excluding hydrogens is 453 g/mol. The first-order valence-electron chi connectivity index (χ1n) is 8.21. The van der Waals surface area contributed by atoms with Gasteiger partial charge in [0.15, 0.2) is 0 Å². The predicted octanol–water partition coefficient (Wildman–Crippen LogP) is 2.66. The van der Waals surface area contributed by atoms with Crippen molar-refractivity contribution in [2.75, 3.05) is 4.72 Å². The Morgan fingerprint density at radius 1 is 0.933 bits per heavy atom. The van der Waals surface area contributed by atoms with E-state index in [0.29, 0.717) is 0 Å². The number of carbonyl (C=O) groups is 2. The molecule has 0 fully saturated rings. The van der Waals surface area contributed by atoms with Crippen molar-refractivity contribution in [3.63, 3.8) is 0 Å². The Morgan fingerprint density at radius 3 is 2.43 bits per heavy atom. The number of hydrogen-bond acceptors (Lipinski definition) is 6. The van der Waals surface area contributed by atoms with Gasteiger partial charge < -0.3 is 0 Å². The zero-order valence-corrected chi connectivity index (χ0v) is 17.3. The van der Waals surface area contributed by atoms with Crippen LogP contribution in [-0.2, 0) is 10.0 Å². The first-order chi connectivity index (χ1) is 14.3. The molecule has 3 N–H and O–H groups in total. The molecule has 2 aromatic carbocycles. The van der Waals surface area contributed by atoms with E-state index in [1.165, 1.54) is 61.1 Å². The van der Waals surface area contributed by atoms with Crippen molar-refractivity contribution < 1.29 is 18.0 Å². The number of benzene rings is 2. The van der Waals surface area contributed by atoms with Gasteiger partial charge in [0.2, 0.25) is 0 Å². The van der Waals surface area contributed by atoms with Gasteiger partial charge in [0.25, 0.3) is 21.8 Å². The van der Waals surface area contributed by atoms with Crippen LogP contribution in [0.25, 0.3) is 0 Å². The Kier molecular flexibility index (Phi) is 6.50. The molecule has 0 spiro atoms. The fourth-order valence-electron chi connectivity index (χ4n) is 2.28. The van der Waals surface area contributed by atoms with Crippen molar-refractivity contribution in [2.45, 2.75) is 4.90 Å². The van der Waals surface area contributed by atoms with Crippen LogP contribution in [0.4, 0.5) is 5.69 Å². The fraction of sp³-hybridized carbons (Fsp3) is 0. The highest BCUT2D eigenvalue weighted by molar-refractivity contribution is 7.92. The zero-order valence-electron chi connectivity index (χ0n) is 15.0. The second-order valence-electron chi connectivity index (χ2n) is 5.76. The van der Waals surface area contributed by atoms with Crippen molar-refractivity contribution in [1.29, 1.82) is 0 Å². The van der Waals surface area contributed by atoms with E-state index in [-0.39, 0.29) is 31.9 Å². The second-order valence-corrected chi connectivity index (χ2v) is 8.25. The number of amides is 2. The highest BCUT2D eigenvalue weighted by Crippen LogP contribution is 2.27. The standard InChI is InChI=1S/C18H13Cl2N5O4S/c19-12-4-5-14(20)16(9-12)30(28,29)25-13-3-1-2-11(8-13)17(26)23-24-18(27)15-10-21-6-7-22-15/h1-10,25H,(H,23,26)(H,24,27). The molecule has 0 saturated carbocycles. The molecule has 12 heteroatoms. The van der Waals surface area contributed by atoms with Gasteiger partial charge in [-0.05, 0) is 36.4 Å². The first-order valence-corrected chi connectivity index (χ1v) is 10.4. The molecule has 2 amide bonds. The van der Waals surface area contributed by atoms with Gasteiger partial charge in [-0.3, -0.25) is 30.1 Å². The molecule has 154 valence electrons. The van der Waals surface area contributed by atoms with Gasteiger partial charge in [0, 0.05) is 28.7 Å². The van der Waals surface area contributed by atoms with Crippen LogP contribution in [0.2, 0.25) is 10.0 Å². The summed E-state index contributed by atoms with van der Waals surface area (Å²) in [6.07, 6.45) is 3.97. The monoisotopic (exact) mass is 465 g/mol. The minimum atomic E-state index is -4.05. The van der Waals surface area contributed by atoms with Gasteiger partial charge >= 0.3 is 0 Å². The average Bonchev–Trinajstić information content (AvgIpc) is 2.74. The maximum absolute atomic E-state index is 12.6. The molecule has 1 aromatic heterocycles. The maximum Gasteiger partial charge on any atom is 0.289 e. The molecule has 3 aromatic rings. The van der Waals surface area contributed by atoms with Crippen LogP contribution in [0.1, 0.15) is 20.8 Å². The zero-order chi connectivity index (χ0) is 21.7. The summed E-state index contributed by atoms with van der Waals surface area (Å²) in [5.41, 5.74) is 4.62. The summed E-state index contributed by atoms with van der Waals surface area (Å²) in [5, 5.41) is 0.194. The third-order valence-electron chi connectivity index (χ3n) is 3.65. The molecule has 1 heterocycles. The number of anilines is 1. The van der Waals surface area contributed by atoms with E-state index >= 15 is 0 Å². The highest BCUT2D eigenvalue weighted by Gasteiger charge is 2.19. The smallest absolute Gasteiger partial charge is 0.280 e. The summed E-state index contributed by atoms with van der Waals surface area (Å²) < 4.78 is 27.5. The predicted molar refractivity (Wildman–Crippen MR) is 111 cm³/mol. The normalized spacial score (nSPS) is 10.9. The quantitative estimate of drug-likeness (QED) is 0.496. The number of nitrogens with one attached hydrogen (secondary N) is 3. The third kappa shape index (κ3) is 5.23.